The molecule has 1 aromatic heterocycles. The van der Waals surface area contributed by atoms with Crippen LogP contribution in [0.3, 0.4) is 0 Å². The summed E-state index contributed by atoms with van der Waals surface area (Å²) in [5.74, 6) is -1.06. The molecular formula is C22H15ClF3N3O. The van der Waals surface area contributed by atoms with Gasteiger partial charge in [0.1, 0.15) is 23.5 Å². The largest absolute Gasteiger partial charge is 0.418 e. The van der Waals surface area contributed by atoms with E-state index in [2.05, 4.69) is 15.5 Å². The van der Waals surface area contributed by atoms with Crippen LogP contribution in [0.5, 0.6) is 0 Å². The highest BCUT2D eigenvalue weighted by Gasteiger charge is 2.25. The van der Waals surface area contributed by atoms with Crippen molar-refractivity contribution in [2.24, 2.45) is 0 Å². The third kappa shape index (κ3) is 4.16. The first-order chi connectivity index (χ1) is 14.4. The van der Waals surface area contributed by atoms with Crippen molar-refractivity contribution in [3.63, 3.8) is 0 Å². The number of nitrogens with zero attached hydrogens (tertiary/aromatic N) is 2. The van der Waals surface area contributed by atoms with Crippen LogP contribution >= 0.6 is 11.6 Å². The number of hydrogen-bond acceptors (Lipinski definition) is 4. The molecule has 0 saturated carbocycles. The van der Waals surface area contributed by atoms with E-state index in [-0.39, 0.29) is 22.6 Å². The van der Waals surface area contributed by atoms with Gasteiger partial charge in [0.25, 0.3) is 0 Å². The van der Waals surface area contributed by atoms with Gasteiger partial charge < -0.3 is 9.73 Å². The molecule has 0 fully saturated rings. The Morgan fingerprint density at radius 1 is 0.900 bits per heavy atom. The molecule has 1 unspecified atom stereocenters. The second-order valence-electron chi connectivity index (χ2n) is 6.66. The Morgan fingerprint density at radius 3 is 2.37 bits per heavy atom. The van der Waals surface area contributed by atoms with Crippen LogP contribution < -0.4 is 5.32 Å². The van der Waals surface area contributed by atoms with E-state index in [0.717, 1.165) is 0 Å². The number of rotatable bonds is 5. The monoisotopic (exact) mass is 429 g/mol. The maximum Gasteiger partial charge on any atom is 0.247 e. The van der Waals surface area contributed by atoms with Crippen LogP contribution in [-0.2, 0) is 0 Å². The number of hydrogen-bond donors (Lipinski definition) is 1. The summed E-state index contributed by atoms with van der Waals surface area (Å²) in [6.45, 7) is 1.74. The van der Waals surface area contributed by atoms with E-state index >= 15 is 0 Å². The molecule has 1 atom stereocenters. The van der Waals surface area contributed by atoms with Gasteiger partial charge in [-0.15, -0.1) is 10.2 Å². The Morgan fingerprint density at radius 2 is 1.63 bits per heavy atom. The third-order valence-corrected chi connectivity index (χ3v) is 4.85. The fourth-order valence-corrected chi connectivity index (χ4v) is 3.32. The number of aryl methyl sites for hydroxylation is 1. The first-order valence-corrected chi connectivity index (χ1v) is 9.35. The van der Waals surface area contributed by atoms with Gasteiger partial charge in [-0.1, -0.05) is 23.7 Å². The van der Waals surface area contributed by atoms with Crippen molar-refractivity contribution in [3.8, 4) is 11.5 Å². The molecule has 0 amide bonds. The van der Waals surface area contributed by atoms with Crippen molar-refractivity contribution in [3.05, 3.63) is 100 Å². The van der Waals surface area contributed by atoms with E-state index in [1.807, 2.05) is 0 Å². The number of nitrogens with one attached hydrogen (secondary N) is 1. The van der Waals surface area contributed by atoms with Gasteiger partial charge in [-0.3, -0.25) is 0 Å². The van der Waals surface area contributed by atoms with E-state index in [1.54, 1.807) is 19.1 Å². The van der Waals surface area contributed by atoms with Crippen molar-refractivity contribution < 1.29 is 17.6 Å². The molecule has 4 rings (SSSR count). The van der Waals surface area contributed by atoms with Gasteiger partial charge in [0.05, 0.1) is 0 Å². The van der Waals surface area contributed by atoms with Gasteiger partial charge in [-0.25, -0.2) is 13.2 Å². The smallest absolute Gasteiger partial charge is 0.247 e. The first kappa shape index (κ1) is 20.0. The summed E-state index contributed by atoms with van der Waals surface area (Å²) in [5.41, 5.74) is 2.14. The van der Waals surface area contributed by atoms with Gasteiger partial charge in [0, 0.05) is 21.8 Å². The van der Waals surface area contributed by atoms with Crippen molar-refractivity contribution >= 4 is 17.3 Å². The van der Waals surface area contributed by atoms with Crippen LogP contribution in [0.2, 0.25) is 5.02 Å². The summed E-state index contributed by atoms with van der Waals surface area (Å²) < 4.78 is 46.4. The summed E-state index contributed by atoms with van der Waals surface area (Å²) in [4.78, 5) is 0. The maximum atomic E-state index is 13.6. The molecular weight excluding hydrogens is 415 g/mol. The minimum atomic E-state index is -0.753. The molecule has 152 valence electrons. The summed E-state index contributed by atoms with van der Waals surface area (Å²) in [7, 11) is 0. The second kappa shape index (κ2) is 8.20. The minimum absolute atomic E-state index is 0.116. The van der Waals surface area contributed by atoms with Crippen molar-refractivity contribution in [1.29, 1.82) is 0 Å². The van der Waals surface area contributed by atoms with Gasteiger partial charge in [0.2, 0.25) is 11.8 Å². The molecule has 0 aliphatic rings. The Kier molecular flexibility index (Phi) is 5.46. The van der Waals surface area contributed by atoms with E-state index in [0.29, 0.717) is 22.4 Å². The topological polar surface area (TPSA) is 51.0 Å². The fourth-order valence-electron chi connectivity index (χ4n) is 3.04. The van der Waals surface area contributed by atoms with Crippen LogP contribution in [0.15, 0.2) is 65.1 Å². The molecule has 0 aliphatic heterocycles. The lowest BCUT2D eigenvalue weighted by Crippen LogP contribution is -2.14. The average Bonchev–Trinajstić information content (AvgIpc) is 3.18. The molecule has 0 aliphatic carbocycles. The van der Waals surface area contributed by atoms with Crippen molar-refractivity contribution in [2.45, 2.75) is 13.0 Å². The van der Waals surface area contributed by atoms with Crippen LogP contribution in [0.1, 0.15) is 23.1 Å². The Hall–Kier alpha value is -3.32. The Labute approximate surface area is 175 Å². The van der Waals surface area contributed by atoms with Crippen LogP contribution in [-0.4, -0.2) is 10.2 Å². The molecule has 30 heavy (non-hydrogen) atoms. The summed E-state index contributed by atoms with van der Waals surface area (Å²) in [5, 5.41) is 11.4. The highest BCUT2D eigenvalue weighted by atomic mass is 35.5. The summed E-state index contributed by atoms with van der Waals surface area (Å²) in [6, 6.07) is 13.2. The van der Waals surface area contributed by atoms with Crippen LogP contribution in [0.25, 0.3) is 11.5 Å². The molecule has 0 bridgehead atoms. The molecule has 0 saturated heterocycles. The zero-order valence-corrected chi connectivity index (χ0v) is 16.4. The van der Waals surface area contributed by atoms with Crippen molar-refractivity contribution in [1.82, 2.24) is 10.2 Å². The molecule has 0 radical (unpaired) electrons. The Balaban J connectivity index is 1.77. The van der Waals surface area contributed by atoms with Crippen LogP contribution in [0.4, 0.5) is 18.9 Å². The van der Waals surface area contributed by atoms with Crippen LogP contribution in [0, 0.1) is 24.4 Å². The van der Waals surface area contributed by atoms with E-state index in [9.17, 15) is 13.2 Å². The lowest BCUT2D eigenvalue weighted by Gasteiger charge is -2.19. The second-order valence-corrected chi connectivity index (χ2v) is 7.07. The highest BCUT2D eigenvalue weighted by molar-refractivity contribution is 6.31. The van der Waals surface area contributed by atoms with Gasteiger partial charge in [-0.05, 0) is 61.0 Å². The number of benzene rings is 3. The van der Waals surface area contributed by atoms with E-state index in [4.69, 9.17) is 16.0 Å². The average molecular weight is 430 g/mol. The van der Waals surface area contributed by atoms with E-state index < -0.39 is 17.7 Å². The summed E-state index contributed by atoms with van der Waals surface area (Å²) in [6.07, 6.45) is 0. The fraction of sp³-hybridized carbons (Fsp3) is 0.0909. The third-order valence-electron chi connectivity index (χ3n) is 4.52. The quantitative estimate of drug-likeness (QED) is 0.403. The van der Waals surface area contributed by atoms with Gasteiger partial charge in [-0.2, -0.15) is 0 Å². The van der Waals surface area contributed by atoms with Gasteiger partial charge >= 0.3 is 0 Å². The molecule has 1 N–H and O–H groups in total. The normalized spacial score (nSPS) is 12.0. The minimum Gasteiger partial charge on any atom is -0.418 e. The number of halogens is 4. The number of anilines is 1. The molecule has 0 spiro atoms. The molecule has 3 aromatic carbocycles. The van der Waals surface area contributed by atoms with Gasteiger partial charge in [0.15, 0.2) is 0 Å². The Bertz CT molecular complexity index is 1210. The van der Waals surface area contributed by atoms with E-state index in [1.165, 1.54) is 48.5 Å². The molecule has 4 aromatic rings. The molecule has 4 nitrogen and oxygen atoms in total. The first-order valence-electron chi connectivity index (χ1n) is 8.97. The standard InChI is InChI=1S/C22H15ClF3N3O/c1-12-9-15(25)6-8-19(12)27-20(17-7-5-16(26)11-18(17)23)22-29-28-21(30-22)13-3-2-4-14(24)10-13/h2-11,20,27H,1H3. The summed E-state index contributed by atoms with van der Waals surface area (Å²) >= 11 is 6.27. The lowest BCUT2D eigenvalue weighted by atomic mass is 10.1. The molecule has 8 heteroatoms. The van der Waals surface area contributed by atoms with Crippen molar-refractivity contribution in [2.75, 3.05) is 5.32 Å². The number of aromatic nitrogens is 2. The molecule has 1 heterocycles. The maximum absolute atomic E-state index is 13.6. The zero-order valence-electron chi connectivity index (χ0n) is 15.7. The predicted octanol–water partition coefficient (Wildman–Crippen LogP) is 6.32. The SMILES string of the molecule is Cc1cc(F)ccc1NC(c1nnc(-c2cccc(F)c2)o1)c1ccc(F)cc1Cl. The predicted molar refractivity (Wildman–Crippen MR) is 108 cm³/mol. The zero-order chi connectivity index (χ0) is 21.3. The lowest BCUT2D eigenvalue weighted by molar-refractivity contribution is 0.493. The highest BCUT2D eigenvalue weighted by Crippen LogP contribution is 2.33.